The van der Waals surface area contributed by atoms with Crippen molar-refractivity contribution in [1.82, 2.24) is 0 Å². The van der Waals surface area contributed by atoms with Crippen molar-refractivity contribution >= 4 is 11.7 Å². The summed E-state index contributed by atoms with van der Waals surface area (Å²) >= 11 is 0. The van der Waals surface area contributed by atoms with Gasteiger partial charge < -0.3 is 5.11 Å². The van der Waals surface area contributed by atoms with Crippen LogP contribution in [0.15, 0.2) is 36.4 Å². The van der Waals surface area contributed by atoms with Gasteiger partial charge in [-0.3, -0.25) is 10.1 Å². The van der Waals surface area contributed by atoms with Crippen molar-refractivity contribution in [2.75, 3.05) is 0 Å². The van der Waals surface area contributed by atoms with Crippen molar-refractivity contribution in [2.45, 2.75) is 0 Å². The lowest BCUT2D eigenvalue weighted by Gasteiger charge is -2.06. The highest BCUT2D eigenvalue weighted by molar-refractivity contribution is 5.93. The molecule has 0 atom stereocenters. The molecule has 1 N–H and O–H groups in total. The molecule has 5 nitrogen and oxygen atoms in total. The van der Waals surface area contributed by atoms with Gasteiger partial charge in [-0.2, -0.15) is 0 Å². The molecule has 2 rings (SSSR count). The molecule has 0 saturated heterocycles. The maximum atomic E-state index is 13.6. The second-order valence-corrected chi connectivity index (χ2v) is 3.89. The van der Waals surface area contributed by atoms with Gasteiger partial charge in [-0.1, -0.05) is 12.1 Å². The highest BCUT2D eigenvalue weighted by atomic mass is 19.1. The average molecular weight is 279 g/mol. The van der Waals surface area contributed by atoms with Crippen LogP contribution >= 0.6 is 0 Å². The third kappa shape index (κ3) is 2.33. The van der Waals surface area contributed by atoms with E-state index in [-0.39, 0.29) is 5.56 Å². The van der Waals surface area contributed by atoms with Gasteiger partial charge in [0.2, 0.25) is 0 Å². The molecular weight excluding hydrogens is 272 g/mol. The van der Waals surface area contributed by atoms with Crippen LogP contribution in [0.2, 0.25) is 0 Å². The number of hydrogen-bond donors (Lipinski definition) is 1. The molecule has 0 aliphatic carbocycles. The highest BCUT2D eigenvalue weighted by Gasteiger charge is 2.22. The Hall–Kier alpha value is -2.83. The number of benzene rings is 2. The van der Waals surface area contributed by atoms with E-state index in [0.717, 1.165) is 36.4 Å². The lowest BCUT2D eigenvalue weighted by Crippen LogP contribution is -2.03. The molecule has 0 heterocycles. The summed E-state index contributed by atoms with van der Waals surface area (Å²) in [5.41, 5.74) is -1.81. The predicted octanol–water partition coefficient (Wildman–Crippen LogP) is 3.24. The average Bonchev–Trinajstić information content (AvgIpc) is 2.38. The number of aromatic carboxylic acids is 1. The Labute approximate surface area is 111 Å². The fourth-order valence-electron chi connectivity index (χ4n) is 1.79. The minimum absolute atomic E-state index is 0.0997. The molecule has 0 amide bonds. The Morgan fingerprint density at radius 2 is 1.75 bits per heavy atom. The Morgan fingerprint density at radius 3 is 2.25 bits per heavy atom. The van der Waals surface area contributed by atoms with Gasteiger partial charge in [0.15, 0.2) is 0 Å². The van der Waals surface area contributed by atoms with Crippen molar-refractivity contribution in [2.24, 2.45) is 0 Å². The summed E-state index contributed by atoms with van der Waals surface area (Å²) in [6.07, 6.45) is 0. The topological polar surface area (TPSA) is 80.4 Å². The smallest absolute Gasteiger partial charge is 0.342 e. The fraction of sp³-hybridized carbons (Fsp3) is 0. The number of halogens is 2. The first-order valence-electron chi connectivity index (χ1n) is 5.38. The second-order valence-electron chi connectivity index (χ2n) is 3.89. The summed E-state index contributed by atoms with van der Waals surface area (Å²) in [5.74, 6) is -3.26. The number of rotatable bonds is 3. The third-order valence-corrected chi connectivity index (χ3v) is 2.68. The normalized spacial score (nSPS) is 10.3. The molecule has 2 aromatic carbocycles. The van der Waals surface area contributed by atoms with Crippen molar-refractivity contribution in [3.05, 3.63) is 63.7 Å². The summed E-state index contributed by atoms with van der Waals surface area (Å²) in [4.78, 5) is 20.8. The zero-order valence-corrected chi connectivity index (χ0v) is 9.84. The Kier molecular flexibility index (Phi) is 3.43. The molecule has 0 fully saturated rings. The van der Waals surface area contributed by atoms with Crippen LogP contribution in [0.5, 0.6) is 0 Å². The molecule has 0 unspecified atom stereocenters. The van der Waals surface area contributed by atoms with E-state index in [1.54, 1.807) is 0 Å². The molecule has 0 saturated carbocycles. The largest absolute Gasteiger partial charge is 0.477 e. The maximum Gasteiger partial charge on any atom is 0.342 e. The molecule has 0 aliphatic heterocycles. The minimum atomic E-state index is -1.49. The summed E-state index contributed by atoms with van der Waals surface area (Å²) in [5, 5.41) is 19.7. The predicted molar refractivity (Wildman–Crippen MR) is 65.4 cm³/mol. The number of carboxylic acid groups (broad SMARTS) is 1. The first-order valence-corrected chi connectivity index (χ1v) is 5.38. The molecule has 0 bridgehead atoms. The summed E-state index contributed by atoms with van der Waals surface area (Å²) in [7, 11) is 0. The van der Waals surface area contributed by atoms with Crippen LogP contribution in [0.3, 0.4) is 0 Å². The van der Waals surface area contributed by atoms with E-state index in [2.05, 4.69) is 0 Å². The van der Waals surface area contributed by atoms with Gasteiger partial charge >= 0.3 is 5.97 Å². The number of nitro benzene ring substituents is 1. The molecule has 102 valence electrons. The monoisotopic (exact) mass is 279 g/mol. The first-order chi connectivity index (χ1) is 9.41. The standard InChI is InChI=1S/C13H7F2NO4/c14-9-2-1-3-10(15)12(9)7-4-5-8(13(17)18)11(6-7)16(19)20/h1-6H,(H,17,18). The number of hydrogen-bond acceptors (Lipinski definition) is 3. The van der Waals surface area contributed by atoms with E-state index in [4.69, 9.17) is 5.11 Å². The lowest BCUT2D eigenvalue weighted by molar-refractivity contribution is -0.385. The second kappa shape index (κ2) is 5.04. The van der Waals surface area contributed by atoms with Crippen molar-refractivity contribution in [3.8, 4) is 11.1 Å². The Balaban J connectivity index is 2.69. The molecule has 0 spiro atoms. The van der Waals surface area contributed by atoms with Crippen LogP contribution in [0.25, 0.3) is 11.1 Å². The van der Waals surface area contributed by atoms with Crippen LogP contribution in [-0.2, 0) is 0 Å². The fourth-order valence-corrected chi connectivity index (χ4v) is 1.79. The van der Waals surface area contributed by atoms with Crippen LogP contribution in [-0.4, -0.2) is 16.0 Å². The SMILES string of the molecule is O=C(O)c1ccc(-c2c(F)cccc2F)cc1[N+](=O)[O-]. The molecule has 0 aliphatic rings. The van der Waals surface area contributed by atoms with Gasteiger partial charge in [0.1, 0.15) is 17.2 Å². The van der Waals surface area contributed by atoms with E-state index < -0.39 is 39.3 Å². The third-order valence-electron chi connectivity index (χ3n) is 2.68. The summed E-state index contributed by atoms with van der Waals surface area (Å²) < 4.78 is 27.2. The quantitative estimate of drug-likeness (QED) is 0.690. The molecular formula is C13H7F2NO4. The first kappa shape index (κ1) is 13.6. The molecule has 2 aromatic rings. The van der Waals surface area contributed by atoms with E-state index >= 15 is 0 Å². The van der Waals surface area contributed by atoms with Crippen LogP contribution in [0, 0.1) is 21.7 Å². The van der Waals surface area contributed by atoms with E-state index in [9.17, 15) is 23.7 Å². The number of carbonyl (C=O) groups is 1. The zero-order valence-electron chi connectivity index (χ0n) is 9.84. The zero-order chi connectivity index (χ0) is 14.9. The Bertz CT molecular complexity index is 695. The van der Waals surface area contributed by atoms with Crippen molar-refractivity contribution in [3.63, 3.8) is 0 Å². The van der Waals surface area contributed by atoms with Crippen LogP contribution in [0.1, 0.15) is 10.4 Å². The lowest BCUT2D eigenvalue weighted by atomic mass is 10.0. The molecule has 0 radical (unpaired) electrons. The van der Waals surface area contributed by atoms with Gasteiger partial charge in [-0.15, -0.1) is 0 Å². The number of carboxylic acids is 1. The van der Waals surface area contributed by atoms with E-state index in [1.165, 1.54) is 0 Å². The highest BCUT2D eigenvalue weighted by Crippen LogP contribution is 2.30. The van der Waals surface area contributed by atoms with Crippen LogP contribution < -0.4 is 0 Å². The van der Waals surface area contributed by atoms with Crippen molar-refractivity contribution < 1.29 is 23.6 Å². The molecule has 7 heteroatoms. The summed E-state index contributed by atoms with van der Waals surface area (Å²) in [6.45, 7) is 0. The Morgan fingerprint density at radius 1 is 1.15 bits per heavy atom. The van der Waals surface area contributed by atoms with Gasteiger partial charge in [-0.05, 0) is 23.8 Å². The van der Waals surface area contributed by atoms with Gasteiger partial charge in [0, 0.05) is 6.07 Å². The van der Waals surface area contributed by atoms with Gasteiger partial charge in [0.05, 0.1) is 10.5 Å². The van der Waals surface area contributed by atoms with E-state index in [1.807, 2.05) is 0 Å². The van der Waals surface area contributed by atoms with Gasteiger partial charge in [0.25, 0.3) is 5.69 Å². The summed E-state index contributed by atoms with van der Waals surface area (Å²) in [6, 6.07) is 6.09. The number of nitrogens with zero attached hydrogens (tertiary/aromatic N) is 1. The maximum absolute atomic E-state index is 13.6. The van der Waals surface area contributed by atoms with Crippen molar-refractivity contribution in [1.29, 1.82) is 0 Å². The van der Waals surface area contributed by atoms with E-state index in [0.29, 0.717) is 0 Å². The molecule has 20 heavy (non-hydrogen) atoms. The van der Waals surface area contributed by atoms with Gasteiger partial charge in [-0.25, -0.2) is 13.6 Å². The van der Waals surface area contributed by atoms with Crippen LogP contribution in [0.4, 0.5) is 14.5 Å². The minimum Gasteiger partial charge on any atom is -0.477 e. The number of nitro groups is 1. The molecule has 0 aromatic heterocycles.